The molecule has 1 fully saturated rings. The maximum Gasteiger partial charge on any atom is 0.181 e. The second kappa shape index (κ2) is 9.25. The average molecular weight is 461 g/mol. The lowest BCUT2D eigenvalue weighted by Crippen LogP contribution is -2.19. The maximum absolute atomic E-state index is 8.94. The highest BCUT2D eigenvalue weighted by Gasteiger charge is 2.23. The molecule has 9 heteroatoms. The van der Waals surface area contributed by atoms with Gasteiger partial charge in [0.2, 0.25) is 0 Å². The van der Waals surface area contributed by atoms with Crippen molar-refractivity contribution >= 4 is 22.2 Å². The number of aromatic nitrogens is 5. The summed E-state index contributed by atoms with van der Waals surface area (Å²) in [5.41, 5.74) is 3.08. The summed E-state index contributed by atoms with van der Waals surface area (Å²) in [5, 5.41) is 17.5. The van der Waals surface area contributed by atoms with E-state index in [4.69, 9.17) is 24.8 Å². The van der Waals surface area contributed by atoms with E-state index >= 15 is 0 Å². The van der Waals surface area contributed by atoms with Gasteiger partial charge in [-0.25, -0.2) is 19.6 Å². The number of hydrogen-bond acceptors (Lipinski definition) is 8. The van der Waals surface area contributed by atoms with Crippen LogP contribution in [0.4, 0.5) is 0 Å². The van der Waals surface area contributed by atoms with Gasteiger partial charge in [0.05, 0.1) is 29.8 Å². The number of fused-ring (bicyclic) bond motifs is 1. The van der Waals surface area contributed by atoms with Crippen LogP contribution < -0.4 is 4.74 Å². The highest BCUT2D eigenvalue weighted by molar-refractivity contribution is 7.10. The van der Waals surface area contributed by atoms with Crippen molar-refractivity contribution in [3.8, 4) is 34.7 Å². The van der Waals surface area contributed by atoms with Crippen LogP contribution in [0.25, 0.3) is 33.8 Å². The number of nitrogens with zero attached hydrogens (tertiary/aromatic N) is 6. The fourth-order valence-corrected chi connectivity index (χ4v) is 4.68. The first kappa shape index (κ1) is 21.5. The van der Waals surface area contributed by atoms with Crippen molar-refractivity contribution in [2.75, 3.05) is 6.61 Å². The quantitative estimate of drug-likeness (QED) is 0.391. The van der Waals surface area contributed by atoms with Gasteiger partial charge in [0.25, 0.3) is 0 Å². The smallest absolute Gasteiger partial charge is 0.181 e. The predicted octanol–water partition coefficient (Wildman–Crippen LogP) is 5.17. The zero-order valence-corrected chi connectivity index (χ0v) is 19.4. The number of nitriles is 1. The Balaban J connectivity index is 1.61. The third-order valence-electron chi connectivity index (χ3n) is 5.39. The summed E-state index contributed by atoms with van der Waals surface area (Å²) < 4.78 is 13.9. The Bertz CT molecular complexity index is 1320. The van der Waals surface area contributed by atoms with Crippen LogP contribution >= 0.6 is 11.3 Å². The van der Waals surface area contributed by atoms with Crippen molar-refractivity contribution in [3.63, 3.8) is 0 Å². The van der Waals surface area contributed by atoms with Gasteiger partial charge < -0.3 is 9.47 Å². The summed E-state index contributed by atoms with van der Waals surface area (Å²) in [4.78, 5) is 13.8. The van der Waals surface area contributed by atoms with Crippen LogP contribution in [0.1, 0.15) is 44.3 Å². The number of thiazole rings is 1. The van der Waals surface area contributed by atoms with Crippen LogP contribution in [0.2, 0.25) is 0 Å². The highest BCUT2D eigenvalue weighted by Crippen LogP contribution is 2.34. The molecule has 1 aromatic carbocycles. The topological polar surface area (TPSA) is 98.7 Å². The van der Waals surface area contributed by atoms with Gasteiger partial charge in [-0.2, -0.15) is 10.4 Å². The Morgan fingerprint density at radius 3 is 2.94 bits per heavy atom. The Morgan fingerprint density at radius 1 is 1.24 bits per heavy atom. The fraction of sp³-hybridized carbons (Fsp3) is 0.375. The van der Waals surface area contributed by atoms with Gasteiger partial charge in [-0.05, 0) is 57.4 Å². The molecule has 0 saturated carbocycles. The normalized spacial score (nSPS) is 16.2. The molecular formula is C24H24N6O2S. The SMILES string of the molecule is CC(C)Oc1ccc2c(c1)c(-c1nccc(-c3csc(CC#N)n3)n1)nn2C1CCCCO1. The van der Waals surface area contributed by atoms with Crippen molar-refractivity contribution < 1.29 is 9.47 Å². The molecule has 3 aromatic heterocycles. The van der Waals surface area contributed by atoms with E-state index in [1.54, 1.807) is 6.20 Å². The zero-order chi connectivity index (χ0) is 22.8. The minimum absolute atomic E-state index is 0.0643. The van der Waals surface area contributed by atoms with E-state index < -0.39 is 0 Å². The molecule has 0 N–H and O–H groups in total. The van der Waals surface area contributed by atoms with Crippen LogP contribution in [0.3, 0.4) is 0 Å². The van der Waals surface area contributed by atoms with Crippen molar-refractivity contribution in [3.05, 3.63) is 40.8 Å². The lowest BCUT2D eigenvalue weighted by molar-refractivity contribution is -0.0365. The van der Waals surface area contributed by atoms with Crippen LogP contribution in [0.15, 0.2) is 35.8 Å². The first-order valence-corrected chi connectivity index (χ1v) is 12.0. The van der Waals surface area contributed by atoms with Crippen LogP contribution in [-0.2, 0) is 11.2 Å². The molecule has 33 heavy (non-hydrogen) atoms. The Morgan fingerprint density at radius 2 is 2.15 bits per heavy atom. The van der Waals surface area contributed by atoms with E-state index in [-0.39, 0.29) is 18.8 Å². The lowest BCUT2D eigenvalue weighted by atomic mass is 10.1. The summed E-state index contributed by atoms with van der Waals surface area (Å²) in [5.74, 6) is 1.29. The molecule has 1 saturated heterocycles. The largest absolute Gasteiger partial charge is 0.491 e. The Labute approximate surface area is 195 Å². The molecule has 168 valence electrons. The van der Waals surface area contributed by atoms with Crippen molar-refractivity contribution in [2.24, 2.45) is 0 Å². The summed E-state index contributed by atoms with van der Waals surface area (Å²) in [6.07, 6.45) is 5.06. The second-order valence-electron chi connectivity index (χ2n) is 8.19. The first-order valence-electron chi connectivity index (χ1n) is 11.1. The standard InChI is InChI=1S/C24H24N6O2S/c1-15(2)32-16-6-7-20-17(13-16)23(29-30(20)22-5-3-4-12-31-22)24-26-11-9-18(28-24)19-14-33-21(27-19)8-10-25/h6-7,9,11,13-15,22H,3-5,8,12H2,1-2H3. The van der Waals surface area contributed by atoms with Gasteiger partial charge in [-0.15, -0.1) is 11.3 Å². The van der Waals surface area contributed by atoms with E-state index in [2.05, 4.69) is 16.0 Å². The number of hydrogen-bond donors (Lipinski definition) is 0. The van der Waals surface area contributed by atoms with Crippen LogP contribution in [0, 0.1) is 11.3 Å². The minimum atomic E-state index is -0.109. The third-order valence-corrected chi connectivity index (χ3v) is 6.24. The van der Waals surface area contributed by atoms with Gasteiger partial charge in [0, 0.05) is 23.6 Å². The molecule has 0 bridgehead atoms. The molecule has 1 aliphatic rings. The van der Waals surface area contributed by atoms with Crippen LogP contribution in [-0.4, -0.2) is 37.4 Å². The molecule has 1 unspecified atom stereocenters. The second-order valence-corrected chi connectivity index (χ2v) is 9.13. The summed E-state index contributed by atoms with van der Waals surface area (Å²) >= 11 is 1.46. The number of ether oxygens (including phenoxy) is 2. The molecule has 0 radical (unpaired) electrons. The first-order chi connectivity index (χ1) is 16.1. The molecule has 5 rings (SSSR count). The maximum atomic E-state index is 8.94. The molecule has 0 aliphatic carbocycles. The predicted molar refractivity (Wildman–Crippen MR) is 126 cm³/mol. The molecule has 8 nitrogen and oxygen atoms in total. The summed E-state index contributed by atoms with van der Waals surface area (Å²) in [6, 6.07) is 9.96. The van der Waals surface area contributed by atoms with E-state index in [0.717, 1.165) is 53.2 Å². The van der Waals surface area contributed by atoms with E-state index in [0.29, 0.717) is 17.2 Å². The highest BCUT2D eigenvalue weighted by atomic mass is 32.1. The minimum Gasteiger partial charge on any atom is -0.491 e. The van der Waals surface area contributed by atoms with Gasteiger partial charge in [0.15, 0.2) is 12.1 Å². The fourth-order valence-electron chi connectivity index (χ4n) is 3.96. The molecule has 1 atom stereocenters. The molecule has 1 aliphatic heterocycles. The van der Waals surface area contributed by atoms with Gasteiger partial charge in [-0.3, -0.25) is 0 Å². The van der Waals surface area contributed by atoms with E-state index in [1.165, 1.54) is 11.3 Å². The molecule has 4 aromatic rings. The average Bonchev–Trinajstić information content (AvgIpc) is 3.44. The Kier molecular flexibility index (Phi) is 6.03. The van der Waals surface area contributed by atoms with Gasteiger partial charge in [0.1, 0.15) is 22.1 Å². The van der Waals surface area contributed by atoms with E-state index in [9.17, 15) is 0 Å². The van der Waals surface area contributed by atoms with Crippen molar-refractivity contribution in [1.82, 2.24) is 24.7 Å². The van der Waals surface area contributed by atoms with Gasteiger partial charge >= 0.3 is 0 Å². The molecule has 0 amide bonds. The Hall–Kier alpha value is -3.35. The number of rotatable bonds is 6. The van der Waals surface area contributed by atoms with Gasteiger partial charge in [-0.1, -0.05) is 0 Å². The lowest BCUT2D eigenvalue weighted by Gasteiger charge is -2.23. The number of benzene rings is 1. The van der Waals surface area contributed by atoms with Crippen molar-refractivity contribution in [2.45, 2.75) is 51.9 Å². The monoisotopic (exact) mass is 460 g/mol. The molecule has 0 spiro atoms. The zero-order valence-electron chi connectivity index (χ0n) is 18.6. The summed E-state index contributed by atoms with van der Waals surface area (Å²) in [7, 11) is 0. The van der Waals surface area contributed by atoms with E-state index in [1.807, 2.05) is 48.2 Å². The van der Waals surface area contributed by atoms with Crippen LogP contribution in [0.5, 0.6) is 5.75 Å². The molecule has 4 heterocycles. The summed E-state index contributed by atoms with van der Waals surface area (Å²) in [6.45, 7) is 4.74. The van der Waals surface area contributed by atoms with Crippen molar-refractivity contribution in [1.29, 1.82) is 5.26 Å². The molecular weight excluding hydrogens is 436 g/mol. The third kappa shape index (κ3) is 4.45.